The summed E-state index contributed by atoms with van der Waals surface area (Å²) in [5, 5.41) is 0. The lowest BCUT2D eigenvalue weighted by Crippen LogP contribution is -1.87. The van der Waals surface area contributed by atoms with Crippen LogP contribution in [-0.4, -0.2) is 18.8 Å². The van der Waals surface area contributed by atoms with Crippen molar-refractivity contribution in [3.05, 3.63) is 71.3 Å². The van der Waals surface area contributed by atoms with Crippen LogP contribution in [0.2, 0.25) is 0 Å². The average Bonchev–Trinajstić information content (AvgIpc) is 3.13. The molecule has 0 N–H and O–H groups in total. The van der Waals surface area contributed by atoms with Crippen LogP contribution in [0.4, 0.5) is 4.39 Å². The predicted octanol–water partition coefficient (Wildman–Crippen LogP) is 4.05. The van der Waals surface area contributed by atoms with Gasteiger partial charge in [-0.3, -0.25) is 0 Å². The molecule has 0 saturated carbocycles. The number of fused-ring (bicyclic) bond motifs is 2. The van der Waals surface area contributed by atoms with Crippen molar-refractivity contribution < 1.29 is 4.39 Å². The number of rotatable bonds is 2. The van der Waals surface area contributed by atoms with Crippen molar-refractivity contribution in [2.75, 3.05) is 0 Å². The maximum atomic E-state index is 13.3. The van der Waals surface area contributed by atoms with Gasteiger partial charge in [-0.05, 0) is 48.8 Å². The van der Waals surface area contributed by atoms with Gasteiger partial charge in [0.15, 0.2) is 0 Å². The van der Waals surface area contributed by atoms with Gasteiger partial charge in [-0.2, -0.15) is 0 Å². The van der Waals surface area contributed by atoms with E-state index in [1.807, 2.05) is 10.6 Å². The minimum absolute atomic E-state index is 0.267. The smallest absolute Gasteiger partial charge is 0.140 e. The highest BCUT2D eigenvalue weighted by molar-refractivity contribution is 6.07. The van der Waals surface area contributed by atoms with E-state index in [1.54, 1.807) is 6.20 Å². The normalized spacial score (nSPS) is 14.1. The molecular weight excluding hydrogens is 303 g/mol. The van der Waals surface area contributed by atoms with Crippen LogP contribution in [0.1, 0.15) is 29.1 Å². The van der Waals surface area contributed by atoms with Gasteiger partial charge >= 0.3 is 0 Å². The van der Waals surface area contributed by atoms with E-state index in [9.17, 15) is 4.39 Å². The highest BCUT2D eigenvalue weighted by Crippen LogP contribution is 2.47. The van der Waals surface area contributed by atoms with E-state index >= 15 is 0 Å². The zero-order valence-electron chi connectivity index (χ0n) is 13.4. The van der Waals surface area contributed by atoms with E-state index in [-0.39, 0.29) is 5.82 Å². The number of nitrogens with zero attached hydrogens (tertiary/aromatic N) is 4. The Labute approximate surface area is 137 Å². The Morgan fingerprint density at radius 1 is 1.00 bits per heavy atom. The molecule has 0 fully saturated rings. The molecule has 0 amide bonds. The van der Waals surface area contributed by atoms with E-state index in [0.29, 0.717) is 5.65 Å². The lowest BCUT2D eigenvalue weighted by atomic mass is 10.3. The minimum atomic E-state index is -0.267. The van der Waals surface area contributed by atoms with Gasteiger partial charge in [0.25, 0.3) is 0 Å². The summed E-state index contributed by atoms with van der Waals surface area (Å²) in [7, 11) is 0. The Bertz CT molecular complexity index is 1160. The molecule has 4 aromatic rings. The predicted molar refractivity (Wildman–Crippen MR) is 91.2 cm³/mol. The molecule has 5 heteroatoms. The van der Waals surface area contributed by atoms with Crippen LogP contribution >= 0.6 is 0 Å². The van der Waals surface area contributed by atoms with Gasteiger partial charge in [0.2, 0.25) is 0 Å². The topological polar surface area (TPSA) is 34.6 Å². The first-order valence-electron chi connectivity index (χ1n) is 7.92. The molecule has 0 bridgehead atoms. The summed E-state index contributed by atoms with van der Waals surface area (Å²) in [5.41, 5.74) is 8.32. The Morgan fingerprint density at radius 2 is 1.88 bits per heavy atom. The third-order valence-corrected chi connectivity index (χ3v) is 4.63. The van der Waals surface area contributed by atoms with Crippen LogP contribution in [0.3, 0.4) is 0 Å². The summed E-state index contributed by atoms with van der Waals surface area (Å²) in [6.45, 7) is 4.16. The van der Waals surface area contributed by atoms with Crippen LogP contribution in [0.15, 0.2) is 42.9 Å². The Balaban J connectivity index is 1.63. The lowest BCUT2D eigenvalue weighted by molar-refractivity contribution is 0.626. The Kier molecular flexibility index (Phi) is 2.55. The number of aromatic nitrogens is 4. The van der Waals surface area contributed by atoms with Crippen LogP contribution in [0.25, 0.3) is 22.4 Å². The molecule has 0 aliphatic heterocycles. The number of hydrogen-bond acceptors (Lipinski definition) is 2. The molecule has 0 atom stereocenters. The molecule has 0 unspecified atom stereocenters. The van der Waals surface area contributed by atoms with Crippen molar-refractivity contribution in [2.24, 2.45) is 0 Å². The number of pyridine rings is 2. The molecule has 4 nitrogen and oxygen atoms in total. The summed E-state index contributed by atoms with van der Waals surface area (Å²) in [4.78, 5) is 9.33. The number of imidazole rings is 2. The SMILES string of the molecule is Cc1ccn2c(C)c(C3=C(c4cn5ccc(F)cc5n4)C3)nc2c1. The van der Waals surface area contributed by atoms with Crippen LogP contribution in [-0.2, 0) is 0 Å². The van der Waals surface area contributed by atoms with Gasteiger partial charge in [-0.25, -0.2) is 14.4 Å². The quantitative estimate of drug-likeness (QED) is 0.559. The fourth-order valence-electron chi connectivity index (χ4n) is 3.26. The van der Waals surface area contributed by atoms with Gasteiger partial charge in [-0.15, -0.1) is 0 Å². The molecule has 4 aromatic heterocycles. The van der Waals surface area contributed by atoms with E-state index in [2.05, 4.69) is 41.6 Å². The van der Waals surface area contributed by atoms with Crippen LogP contribution < -0.4 is 0 Å². The summed E-state index contributed by atoms with van der Waals surface area (Å²) in [6, 6.07) is 7.07. The second-order valence-electron chi connectivity index (χ2n) is 6.35. The second-order valence-corrected chi connectivity index (χ2v) is 6.35. The van der Waals surface area contributed by atoms with Crippen molar-refractivity contribution in [3.63, 3.8) is 0 Å². The van der Waals surface area contributed by atoms with E-state index in [1.165, 1.54) is 28.8 Å². The first kappa shape index (κ1) is 13.5. The first-order chi connectivity index (χ1) is 11.6. The maximum absolute atomic E-state index is 13.3. The van der Waals surface area contributed by atoms with Crippen LogP contribution in [0, 0.1) is 19.7 Å². The summed E-state index contributed by atoms with van der Waals surface area (Å²) < 4.78 is 17.3. The standard InChI is InChI=1S/C19H15FN4/c1-11-3-6-24-12(2)19(22-18(24)7-11)15-9-14(15)16-10-23-5-4-13(20)8-17(23)21-16/h3-8,10H,9H2,1-2H3. The number of allylic oxidation sites excluding steroid dienone is 2. The minimum Gasteiger partial charge on any atom is -0.306 e. The largest absolute Gasteiger partial charge is 0.306 e. The molecule has 24 heavy (non-hydrogen) atoms. The number of hydrogen-bond donors (Lipinski definition) is 0. The molecule has 0 saturated heterocycles. The molecule has 0 aromatic carbocycles. The highest BCUT2D eigenvalue weighted by Gasteiger charge is 2.30. The zero-order valence-corrected chi connectivity index (χ0v) is 13.4. The lowest BCUT2D eigenvalue weighted by Gasteiger charge is -1.96. The third-order valence-electron chi connectivity index (χ3n) is 4.63. The molecular formula is C19H15FN4. The molecule has 1 aliphatic carbocycles. The molecule has 5 rings (SSSR count). The van der Waals surface area contributed by atoms with Gasteiger partial charge in [0.05, 0.1) is 11.4 Å². The van der Waals surface area contributed by atoms with Crippen molar-refractivity contribution in [2.45, 2.75) is 20.3 Å². The van der Waals surface area contributed by atoms with E-state index in [4.69, 9.17) is 4.98 Å². The van der Waals surface area contributed by atoms with Crippen molar-refractivity contribution in [3.8, 4) is 0 Å². The molecule has 0 radical (unpaired) electrons. The maximum Gasteiger partial charge on any atom is 0.140 e. The van der Waals surface area contributed by atoms with Gasteiger partial charge in [0.1, 0.15) is 17.1 Å². The molecule has 1 aliphatic rings. The van der Waals surface area contributed by atoms with Gasteiger partial charge < -0.3 is 8.80 Å². The Hall–Kier alpha value is -2.95. The third kappa shape index (κ3) is 1.91. The van der Waals surface area contributed by atoms with E-state index < -0.39 is 0 Å². The Morgan fingerprint density at radius 3 is 2.75 bits per heavy atom. The number of halogens is 1. The van der Waals surface area contributed by atoms with Crippen molar-refractivity contribution in [1.29, 1.82) is 0 Å². The molecule has 118 valence electrons. The van der Waals surface area contributed by atoms with Crippen molar-refractivity contribution in [1.82, 2.24) is 18.8 Å². The van der Waals surface area contributed by atoms with Gasteiger partial charge in [-0.1, -0.05) is 0 Å². The highest BCUT2D eigenvalue weighted by atomic mass is 19.1. The fourth-order valence-corrected chi connectivity index (χ4v) is 3.26. The number of aryl methyl sites for hydroxylation is 2. The molecule has 4 heterocycles. The summed E-state index contributed by atoms with van der Waals surface area (Å²) in [6.07, 6.45) is 6.60. The fraction of sp³-hybridized carbons (Fsp3) is 0.158. The first-order valence-corrected chi connectivity index (χ1v) is 7.92. The zero-order chi connectivity index (χ0) is 16.4. The van der Waals surface area contributed by atoms with Gasteiger partial charge in [0, 0.05) is 36.8 Å². The van der Waals surface area contributed by atoms with Crippen molar-refractivity contribution >= 4 is 22.4 Å². The van der Waals surface area contributed by atoms with Crippen LogP contribution in [0.5, 0.6) is 0 Å². The molecule has 0 spiro atoms. The summed E-state index contributed by atoms with van der Waals surface area (Å²) >= 11 is 0. The average molecular weight is 318 g/mol. The summed E-state index contributed by atoms with van der Waals surface area (Å²) in [5.74, 6) is -0.267. The monoisotopic (exact) mass is 318 g/mol. The second kappa shape index (κ2) is 4.54. The van der Waals surface area contributed by atoms with E-state index in [0.717, 1.165) is 29.1 Å².